The molecule has 0 aliphatic rings. The van der Waals surface area contributed by atoms with Crippen LogP contribution in [0.5, 0.6) is 0 Å². The van der Waals surface area contributed by atoms with Crippen LogP contribution < -0.4 is 10.0 Å². The Hall–Kier alpha value is -2.13. The van der Waals surface area contributed by atoms with Crippen LogP contribution in [0.1, 0.15) is 32.8 Å². The van der Waals surface area contributed by atoms with Crippen molar-refractivity contribution in [3.05, 3.63) is 35.9 Å². The molecule has 0 spiro atoms. The Kier molecular flexibility index (Phi) is 9.08. The predicted molar refractivity (Wildman–Crippen MR) is 96.6 cm³/mol. The third-order valence-electron chi connectivity index (χ3n) is 3.33. The molecule has 8 nitrogen and oxygen atoms in total. The number of esters is 1. The van der Waals surface area contributed by atoms with E-state index in [1.807, 2.05) is 18.2 Å². The maximum atomic E-state index is 12.3. The van der Waals surface area contributed by atoms with Gasteiger partial charge in [0.05, 0.1) is 13.3 Å². The molecule has 1 rings (SSSR count). The maximum Gasteiger partial charge on any atom is 0.408 e. The van der Waals surface area contributed by atoms with Crippen LogP contribution >= 0.6 is 0 Å². The normalized spacial score (nSPS) is 12.5. The van der Waals surface area contributed by atoms with E-state index in [2.05, 4.69) is 10.0 Å². The number of ether oxygens (including phenoxy) is 2. The summed E-state index contributed by atoms with van der Waals surface area (Å²) in [6.07, 6.45) is -0.653. The van der Waals surface area contributed by atoms with Crippen molar-refractivity contribution in [2.24, 2.45) is 5.92 Å². The Morgan fingerprint density at radius 1 is 1.12 bits per heavy atom. The number of hydrogen-bond acceptors (Lipinski definition) is 6. The molecule has 0 fully saturated rings. The molecule has 0 aliphatic heterocycles. The molecular weight excluding hydrogens is 360 g/mol. The van der Waals surface area contributed by atoms with Crippen LogP contribution in [-0.2, 0) is 30.9 Å². The number of hydrogen-bond donors (Lipinski definition) is 2. The molecule has 1 aromatic carbocycles. The number of carbonyl (C=O) groups excluding carboxylic acids is 2. The van der Waals surface area contributed by atoms with E-state index in [4.69, 9.17) is 9.47 Å². The number of carbonyl (C=O) groups is 2. The zero-order valence-corrected chi connectivity index (χ0v) is 16.0. The lowest BCUT2D eigenvalue weighted by Gasteiger charge is -2.18. The molecule has 2 N–H and O–H groups in total. The Morgan fingerprint density at radius 3 is 2.35 bits per heavy atom. The Balaban J connectivity index is 2.51. The van der Waals surface area contributed by atoms with Crippen LogP contribution in [0.4, 0.5) is 4.79 Å². The highest BCUT2D eigenvalue weighted by Crippen LogP contribution is 2.14. The van der Waals surface area contributed by atoms with Gasteiger partial charge in [0.1, 0.15) is 6.61 Å². The minimum atomic E-state index is -4.00. The first-order valence-corrected chi connectivity index (χ1v) is 9.90. The third-order valence-corrected chi connectivity index (χ3v) is 5.01. The van der Waals surface area contributed by atoms with Gasteiger partial charge < -0.3 is 14.8 Å². The van der Waals surface area contributed by atoms with Crippen LogP contribution in [0.25, 0.3) is 0 Å². The zero-order valence-electron chi connectivity index (χ0n) is 15.2. The van der Waals surface area contributed by atoms with Gasteiger partial charge in [-0.2, -0.15) is 4.72 Å². The summed E-state index contributed by atoms with van der Waals surface area (Å²) in [5.74, 6) is -0.829. The fourth-order valence-corrected chi connectivity index (χ4v) is 3.53. The second kappa shape index (κ2) is 10.8. The van der Waals surface area contributed by atoms with E-state index < -0.39 is 27.3 Å². The van der Waals surface area contributed by atoms with Crippen LogP contribution in [0.3, 0.4) is 0 Å². The molecule has 1 unspecified atom stereocenters. The average Bonchev–Trinajstić information content (AvgIpc) is 2.58. The Labute approximate surface area is 154 Å². The molecule has 9 heteroatoms. The third kappa shape index (κ3) is 7.83. The standard InChI is InChI=1S/C17H26N2O6S/c1-4-24-16(20)15(10-13(2)3)26(22,23)19-12-18-17(21)25-11-14-8-6-5-7-9-14/h5-9,13,15,19H,4,10-12H2,1-3H3,(H,18,21). The van der Waals surface area contributed by atoms with Gasteiger partial charge in [0.25, 0.3) is 0 Å². The zero-order chi connectivity index (χ0) is 19.6. The molecular formula is C17H26N2O6S. The molecule has 0 heterocycles. The van der Waals surface area contributed by atoms with Gasteiger partial charge in [-0.05, 0) is 24.8 Å². The van der Waals surface area contributed by atoms with Crippen molar-refractivity contribution < 1.29 is 27.5 Å². The summed E-state index contributed by atoms with van der Waals surface area (Å²) in [6, 6.07) is 9.07. The quantitative estimate of drug-likeness (QED) is 0.468. The molecule has 146 valence electrons. The summed E-state index contributed by atoms with van der Waals surface area (Å²) in [5.41, 5.74) is 0.808. The highest BCUT2D eigenvalue weighted by molar-refractivity contribution is 7.90. The first kappa shape index (κ1) is 21.9. The smallest absolute Gasteiger partial charge is 0.408 e. The van der Waals surface area contributed by atoms with Crippen LogP contribution in [0.15, 0.2) is 30.3 Å². The van der Waals surface area contributed by atoms with Gasteiger partial charge in [0, 0.05) is 0 Å². The van der Waals surface area contributed by atoms with E-state index in [9.17, 15) is 18.0 Å². The number of rotatable bonds is 10. The van der Waals surface area contributed by atoms with Gasteiger partial charge in [-0.1, -0.05) is 44.2 Å². The van der Waals surface area contributed by atoms with Crippen molar-refractivity contribution >= 4 is 22.1 Å². The minimum absolute atomic E-state index is 0.0234. The van der Waals surface area contributed by atoms with Crippen LogP contribution in [0.2, 0.25) is 0 Å². The summed E-state index contributed by atoms with van der Waals surface area (Å²) < 4.78 is 36.7. The van der Waals surface area contributed by atoms with E-state index in [0.29, 0.717) is 0 Å². The monoisotopic (exact) mass is 386 g/mol. The number of sulfonamides is 1. The molecule has 1 aromatic rings. The molecule has 0 aliphatic carbocycles. The topological polar surface area (TPSA) is 111 Å². The van der Waals surface area contributed by atoms with Crippen LogP contribution in [0, 0.1) is 5.92 Å². The van der Waals surface area contributed by atoms with E-state index in [0.717, 1.165) is 5.56 Å². The van der Waals surface area contributed by atoms with E-state index in [-0.39, 0.29) is 32.2 Å². The number of alkyl carbamates (subject to hydrolysis) is 1. The molecule has 1 atom stereocenters. The highest BCUT2D eigenvalue weighted by atomic mass is 32.2. The van der Waals surface area contributed by atoms with Crippen molar-refractivity contribution in [1.82, 2.24) is 10.0 Å². The van der Waals surface area contributed by atoms with E-state index >= 15 is 0 Å². The van der Waals surface area contributed by atoms with E-state index in [1.165, 1.54) is 0 Å². The summed E-state index contributed by atoms with van der Waals surface area (Å²) in [7, 11) is -4.00. The molecule has 0 saturated carbocycles. The predicted octanol–water partition coefficient (Wildman–Crippen LogP) is 1.77. The van der Waals surface area contributed by atoms with Crippen molar-refractivity contribution in [1.29, 1.82) is 0 Å². The second-order valence-corrected chi connectivity index (χ2v) is 7.92. The molecule has 0 bridgehead atoms. The lowest BCUT2D eigenvalue weighted by atomic mass is 10.1. The van der Waals surface area contributed by atoms with Gasteiger partial charge in [0.2, 0.25) is 10.0 Å². The van der Waals surface area contributed by atoms with Crippen molar-refractivity contribution in [3.8, 4) is 0 Å². The number of nitrogens with one attached hydrogen (secondary N) is 2. The van der Waals surface area contributed by atoms with Gasteiger partial charge in [-0.25, -0.2) is 13.2 Å². The largest absolute Gasteiger partial charge is 0.465 e. The van der Waals surface area contributed by atoms with Gasteiger partial charge in [0.15, 0.2) is 5.25 Å². The Bertz CT molecular complexity index is 676. The Morgan fingerprint density at radius 2 is 1.77 bits per heavy atom. The summed E-state index contributed by atoms with van der Waals surface area (Å²) in [4.78, 5) is 23.6. The lowest BCUT2D eigenvalue weighted by Crippen LogP contribution is -2.45. The van der Waals surface area contributed by atoms with Gasteiger partial charge >= 0.3 is 12.1 Å². The SMILES string of the molecule is CCOC(=O)C(CC(C)C)S(=O)(=O)NCNC(=O)OCc1ccccc1. The molecule has 0 saturated heterocycles. The van der Waals surface area contributed by atoms with Gasteiger partial charge in [-0.15, -0.1) is 0 Å². The molecule has 0 radical (unpaired) electrons. The lowest BCUT2D eigenvalue weighted by molar-refractivity contribution is -0.142. The number of benzene rings is 1. The molecule has 0 aromatic heterocycles. The molecule has 26 heavy (non-hydrogen) atoms. The van der Waals surface area contributed by atoms with Crippen molar-refractivity contribution in [2.75, 3.05) is 13.3 Å². The first-order valence-electron chi connectivity index (χ1n) is 8.36. The highest BCUT2D eigenvalue weighted by Gasteiger charge is 2.34. The summed E-state index contributed by atoms with van der Waals surface area (Å²) in [6.45, 7) is 4.99. The fraction of sp³-hybridized carbons (Fsp3) is 0.529. The average molecular weight is 386 g/mol. The second-order valence-electron chi connectivity index (χ2n) is 5.97. The van der Waals surface area contributed by atoms with Gasteiger partial charge in [-0.3, -0.25) is 4.79 Å². The fourth-order valence-electron chi connectivity index (χ4n) is 2.10. The minimum Gasteiger partial charge on any atom is -0.465 e. The first-order chi connectivity index (χ1) is 12.3. The molecule has 1 amide bonds. The maximum absolute atomic E-state index is 12.3. The summed E-state index contributed by atoms with van der Waals surface area (Å²) >= 11 is 0. The van der Waals surface area contributed by atoms with Crippen molar-refractivity contribution in [3.63, 3.8) is 0 Å². The van der Waals surface area contributed by atoms with Crippen LogP contribution in [-0.4, -0.2) is 39.0 Å². The van der Waals surface area contributed by atoms with E-state index in [1.54, 1.807) is 32.9 Å². The number of amides is 1. The van der Waals surface area contributed by atoms with Crippen molar-refractivity contribution in [2.45, 2.75) is 39.0 Å². The summed E-state index contributed by atoms with van der Waals surface area (Å²) in [5, 5.41) is 0.956.